The summed E-state index contributed by atoms with van der Waals surface area (Å²) < 4.78 is 0. The van der Waals surface area contributed by atoms with Gasteiger partial charge in [-0.05, 0) is 71.7 Å². The summed E-state index contributed by atoms with van der Waals surface area (Å²) in [6.07, 6.45) is 15.3. The number of hydrogen-bond donors (Lipinski definition) is 1. The molecular weight excluding hydrogens is 635 g/mol. The molecule has 1 saturated carbocycles. The molecule has 0 bridgehead atoms. The monoisotopic (exact) mass is 673 g/mol. The first kappa shape index (κ1) is 31.9. The molecule has 0 amide bonds. The van der Waals surface area contributed by atoms with Crippen LogP contribution in [0.3, 0.4) is 0 Å². The second-order valence-electron chi connectivity index (χ2n) is 14.8. The lowest BCUT2D eigenvalue weighted by molar-refractivity contribution is 0.463. The normalized spacial score (nSPS) is 24.0. The van der Waals surface area contributed by atoms with Gasteiger partial charge in [-0.15, -0.1) is 0 Å². The molecule has 0 radical (unpaired) electrons. The Morgan fingerprint density at radius 1 is 0.692 bits per heavy atom. The minimum absolute atomic E-state index is 0.0194. The Balaban J connectivity index is 1.06. The highest BCUT2D eigenvalue weighted by Crippen LogP contribution is 2.62. The zero-order chi connectivity index (χ0) is 35.3. The van der Waals surface area contributed by atoms with Gasteiger partial charge in [-0.2, -0.15) is 15.8 Å². The fourth-order valence-corrected chi connectivity index (χ4v) is 9.31. The quantitative estimate of drug-likeness (QED) is 0.194. The summed E-state index contributed by atoms with van der Waals surface area (Å²) in [5.74, 6) is -0.661. The zero-order valence-electron chi connectivity index (χ0n) is 29.3. The van der Waals surface area contributed by atoms with Gasteiger partial charge in [-0.3, -0.25) is 0 Å². The molecular formula is C47H39N5. The SMILES string of the molecule is Cc1ccccc1-c1ccccc1NC1=C(c2ccc(-c3ccc4c(N5C6=C(CC(C#N)C=C6)C6CCCCCC65)c3-4)cc2)C=CC(C#N)C1C#N. The lowest BCUT2D eigenvalue weighted by Gasteiger charge is -2.28. The van der Waals surface area contributed by atoms with Gasteiger partial charge in [0, 0.05) is 51.3 Å². The first-order valence-electron chi connectivity index (χ1n) is 18.6. The van der Waals surface area contributed by atoms with Crippen LogP contribution in [0, 0.1) is 64.6 Å². The van der Waals surface area contributed by atoms with Gasteiger partial charge in [0.15, 0.2) is 0 Å². The van der Waals surface area contributed by atoms with Crippen LogP contribution in [0.15, 0.2) is 126 Å². The van der Waals surface area contributed by atoms with Crippen LogP contribution in [0.5, 0.6) is 0 Å². The summed E-state index contributed by atoms with van der Waals surface area (Å²) in [7, 11) is 0. The summed E-state index contributed by atoms with van der Waals surface area (Å²) in [6, 6.07) is 37.5. The number of nitrogens with zero attached hydrogens (tertiary/aromatic N) is 4. The van der Waals surface area contributed by atoms with Crippen molar-refractivity contribution >= 4 is 16.9 Å². The highest BCUT2D eigenvalue weighted by atomic mass is 15.2. The van der Waals surface area contributed by atoms with E-state index < -0.39 is 11.8 Å². The molecule has 5 unspecified atom stereocenters. The van der Waals surface area contributed by atoms with Gasteiger partial charge < -0.3 is 10.2 Å². The maximum Gasteiger partial charge on any atom is 0.106 e. The minimum atomic E-state index is -0.636. The predicted octanol–water partition coefficient (Wildman–Crippen LogP) is 11.1. The van der Waals surface area contributed by atoms with Crippen molar-refractivity contribution in [2.45, 2.75) is 51.5 Å². The number of benzene rings is 4. The van der Waals surface area contributed by atoms with Crippen molar-refractivity contribution in [2.24, 2.45) is 23.7 Å². The Hall–Kier alpha value is -6.09. The third-order valence-electron chi connectivity index (χ3n) is 11.9. The largest absolute Gasteiger partial charge is 0.357 e. The van der Waals surface area contributed by atoms with E-state index in [1.807, 2.05) is 42.5 Å². The molecule has 5 heteroatoms. The molecule has 5 aliphatic carbocycles. The Bertz CT molecular complexity index is 2370. The van der Waals surface area contributed by atoms with Crippen LogP contribution in [0.4, 0.5) is 11.4 Å². The van der Waals surface area contributed by atoms with Gasteiger partial charge in [0.25, 0.3) is 0 Å². The summed E-state index contributed by atoms with van der Waals surface area (Å²) in [6.45, 7) is 2.11. The topological polar surface area (TPSA) is 86.6 Å². The van der Waals surface area contributed by atoms with E-state index in [0.29, 0.717) is 12.0 Å². The molecule has 6 aliphatic rings. The van der Waals surface area contributed by atoms with Crippen LogP contribution >= 0.6 is 0 Å². The minimum Gasteiger partial charge on any atom is -0.357 e. The van der Waals surface area contributed by atoms with Crippen molar-refractivity contribution in [1.82, 2.24) is 0 Å². The average Bonchev–Trinajstić information content (AvgIpc) is 3.69. The van der Waals surface area contributed by atoms with Crippen LogP contribution in [-0.4, -0.2) is 6.04 Å². The molecule has 52 heavy (non-hydrogen) atoms. The first-order chi connectivity index (χ1) is 25.6. The molecule has 5 nitrogen and oxygen atoms in total. The predicted molar refractivity (Wildman–Crippen MR) is 208 cm³/mol. The van der Waals surface area contributed by atoms with E-state index in [9.17, 15) is 15.8 Å². The van der Waals surface area contributed by atoms with E-state index in [4.69, 9.17) is 0 Å². The van der Waals surface area contributed by atoms with Crippen molar-refractivity contribution in [3.8, 4) is 51.6 Å². The van der Waals surface area contributed by atoms with Crippen LogP contribution in [0.1, 0.15) is 49.7 Å². The molecule has 5 atom stereocenters. The Labute approximate surface area is 306 Å². The molecule has 3 aromatic carbocycles. The molecule has 1 fully saturated rings. The Morgan fingerprint density at radius 2 is 1.44 bits per heavy atom. The first-order valence-corrected chi connectivity index (χ1v) is 18.6. The third kappa shape index (κ3) is 5.18. The number of rotatable bonds is 6. The smallest absolute Gasteiger partial charge is 0.106 e. The zero-order valence-corrected chi connectivity index (χ0v) is 29.3. The maximum absolute atomic E-state index is 10.4. The molecule has 0 saturated heterocycles. The van der Waals surface area contributed by atoms with Crippen LogP contribution < -0.4 is 10.2 Å². The molecule has 1 heterocycles. The number of nitrogens with one attached hydrogen (secondary N) is 1. The number of anilines is 2. The van der Waals surface area contributed by atoms with Gasteiger partial charge in [0.2, 0.25) is 0 Å². The van der Waals surface area contributed by atoms with E-state index >= 15 is 0 Å². The van der Waals surface area contributed by atoms with Crippen LogP contribution in [-0.2, 0) is 0 Å². The maximum atomic E-state index is 10.4. The van der Waals surface area contributed by atoms with E-state index in [2.05, 4.69) is 102 Å². The van der Waals surface area contributed by atoms with E-state index in [-0.39, 0.29) is 5.92 Å². The number of nitriles is 3. The number of para-hydroxylation sites is 1. The highest BCUT2D eigenvalue weighted by molar-refractivity contribution is 6.14. The fraction of sp³-hybridized carbons (Fsp3) is 0.255. The van der Waals surface area contributed by atoms with E-state index in [1.54, 1.807) is 0 Å². The van der Waals surface area contributed by atoms with Gasteiger partial charge in [-0.1, -0.05) is 116 Å². The number of fused-ring (bicyclic) bond motifs is 3. The fourth-order valence-electron chi connectivity index (χ4n) is 9.31. The van der Waals surface area contributed by atoms with Crippen LogP contribution in [0.25, 0.3) is 39.0 Å². The second-order valence-corrected chi connectivity index (χ2v) is 14.8. The number of aryl methyl sites for hydroxylation is 1. The molecule has 3 aromatic rings. The second kappa shape index (κ2) is 12.9. The van der Waals surface area contributed by atoms with Crippen molar-refractivity contribution in [3.63, 3.8) is 0 Å². The number of hydrogen-bond acceptors (Lipinski definition) is 5. The standard InChI is InChI=1S/C47H39N5/c1-29-9-5-6-10-34(29)37-11-7-8-13-42(37)51-46-36(21-20-33(27-49)41(46)28-50)32-18-16-31(17-19-32)35-22-23-39-45(35)47(39)52-43-14-4-2-3-12-38(43)40-25-30(26-48)15-24-44(40)52/h5-11,13,15-24,30,33,38,41,43,51H,2-4,12,14,25H2,1H3. The van der Waals surface area contributed by atoms with Gasteiger partial charge >= 0.3 is 0 Å². The highest BCUT2D eigenvalue weighted by Gasteiger charge is 2.47. The van der Waals surface area contributed by atoms with Crippen LogP contribution in [0.2, 0.25) is 0 Å². The lowest BCUT2D eigenvalue weighted by Crippen LogP contribution is -2.32. The summed E-state index contributed by atoms with van der Waals surface area (Å²) in [5, 5.41) is 33.8. The van der Waals surface area contributed by atoms with Gasteiger partial charge in [-0.25, -0.2) is 0 Å². The average molecular weight is 674 g/mol. The summed E-state index contributed by atoms with van der Waals surface area (Å²) in [4.78, 5) is 2.65. The molecule has 0 spiro atoms. The van der Waals surface area contributed by atoms with Crippen molar-refractivity contribution in [3.05, 3.63) is 137 Å². The van der Waals surface area contributed by atoms with Gasteiger partial charge in [0.1, 0.15) is 5.92 Å². The van der Waals surface area contributed by atoms with Crippen molar-refractivity contribution < 1.29 is 0 Å². The van der Waals surface area contributed by atoms with E-state index in [1.165, 1.54) is 76.9 Å². The Kier molecular flexibility index (Phi) is 7.91. The molecule has 1 aliphatic heterocycles. The van der Waals surface area contributed by atoms with Crippen molar-refractivity contribution in [1.29, 1.82) is 15.8 Å². The Morgan fingerprint density at radius 3 is 2.23 bits per heavy atom. The molecule has 1 N–H and O–H groups in total. The van der Waals surface area contributed by atoms with E-state index in [0.717, 1.165) is 40.1 Å². The number of allylic oxidation sites excluding steroid dienone is 6. The van der Waals surface area contributed by atoms with Gasteiger partial charge in [0.05, 0.1) is 35.7 Å². The molecule has 9 rings (SSSR count). The lowest BCUT2D eigenvalue weighted by atomic mass is 9.82. The summed E-state index contributed by atoms with van der Waals surface area (Å²) in [5.41, 5.74) is 16.3. The summed E-state index contributed by atoms with van der Waals surface area (Å²) >= 11 is 0. The third-order valence-corrected chi connectivity index (χ3v) is 11.9. The van der Waals surface area contributed by atoms with Crippen molar-refractivity contribution in [2.75, 3.05) is 10.2 Å². The molecule has 0 aromatic heterocycles. The molecule has 252 valence electrons.